The van der Waals surface area contributed by atoms with Gasteiger partial charge in [0, 0.05) is 17.1 Å². The average molecular weight is 286 g/mol. The molecule has 0 aliphatic carbocycles. The molecule has 0 aliphatic heterocycles. The lowest BCUT2D eigenvalue weighted by molar-refractivity contribution is -0.143. The van der Waals surface area contributed by atoms with Crippen molar-refractivity contribution in [2.24, 2.45) is 0 Å². The maximum absolute atomic E-state index is 12.1. The molecule has 1 heterocycles. The number of carbonyl (C=O) groups excluding carboxylic acids is 1. The Hall–Kier alpha value is -1.94. The minimum absolute atomic E-state index is 0.237. The lowest BCUT2D eigenvalue weighted by atomic mass is 10.0. The van der Waals surface area contributed by atoms with Crippen LogP contribution in [0.4, 0.5) is 0 Å². The maximum Gasteiger partial charge on any atom is 0.327 e. The summed E-state index contributed by atoms with van der Waals surface area (Å²) in [6.07, 6.45) is 0.946. The number of fused-ring (bicyclic) bond motifs is 1. The molecule has 0 radical (unpaired) electrons. The molecule has 112 valence electrons. The molecule has 2 unspecified atom stereocenters. The number of esters is 1. The van der Waals surface area contributed by atoms with Crippen molar-refractivity contribution in [2.45, 2.75) is 39.3 Å². The standard InChI is InChI=1S/C17H22N2O2/c1-5-11(2)19-16(17(20)21-4)14-8-9-15-13(10-14)7-6-12(3)18-15/h6-11,16,19H,5H2,1-4H3. The van der Waals surface area contributed by atoms with E-state index in [2.05, 4.69) is 24.1 Å². The molecule has 2 aromatic rings. The summed E-state index contributed by atoms with van der Waals surface area (Å²) in [6.45, 7) is 6.11. The first-order chi connectivity index (χ1) is 10.0. The molecule has 4 nitrogen and oxygen atoms in total. The molecule has 0 bridgehead atoms. The van der Waals surface area contributed by atoms with Crippen LogP contribution in [0.15, 0.2) is 30.3 Å². The van der Waals surface area contributed by atoms with Gasteiger partial charge in [0.05, 0.1) is 12.6 Å². The Bertz CT molecular complexity index is 640. The van der Waals surface area contributed by atoms with Gasteiger partial charge in [-0.3, -0.25) is 10.3 Å². The molecule has 1 aromatic heterocycles. The maximum atomic E-state index is 12.1. The molecule has 1 aromatic carbocycles. The van der Waals surface area contributed by atoms with Crippen LogP contribution in [0.2, 0.25) is 0 Å². The van der Waals surface area contributed by atoms with Crippen molar-refractivity contribution >= 4 is 16.9 Å². The Kier molecular flexibility index (Phi) is 4.91. The smallest absolute Gasteiger partial charge is 0.327 e. The minimum atomic E-state index is -0.448. The summed E-state index contributed by atoms with van der Waals surface area (Å²) < 4.78 is 4.93. The number of hydrogen-bond acceptors (Lipinski definition) is 4. The van der Waals surface area contributed by atoms with Crippen molar-refractivity contribution in [3.8, 4) is 0 Å². The molecule has 0 aliphatic rings. The van der Waals surface area contributed by atoms with E-state index < -0.39 is 6.04 Å². The van der Waals surface area contributed by atoms with E-state index in [1.165, 1.54) is 7.11 Å². The van der Waals surface area contributed by atoms with Gasteiger partial charge in [-0.05, 0) is 44.0 Å². The first-order valence-corrected chi connectivity index (χ1v) is 7.26. The van der Waals surface area contributed by atoms with Crippen molar-refractivity contribution in [3.05, 3.63) is 41.6 Å². The Balaban J connectivity index is 2.39. The number of nitrogens with one attached hydrogen (secondary N) is 1. The lowest BCUT2D eigenvalue weighted by Gasteiger charge is -2.21. The Morgan fingerprint density at radius 1 is 1.33 bits per heavy atom. The highest BCUT2D eigenvalue weighted by molar-refractivity contribution is 5.83. The van der Waals surface area contributed by atoms with E-state index in [0.29, 0.717) is 0 Å². The van der Waals surface area contributed by atoms with Crippen LogP contribution in [0, 0.1) is 6.92 Å². The van der Waals surface area contributed by atoms with E-state index >= 15 is 0 Å². The van der Waals surface area contributed by atoms with Crippen LogP contribution in [-0.2, 0) is 9.53 Å². The van der Waals surface area contributed by atoms with Gasteiger partial charge in [-0.2, -0.15) is 0 Å². The molecule has 2 atom stereocenters. The first kappa shape index (κ1) is 15.4. The van der Waals surface area contributed by atoms with Crippen LogP contribution in [0.25, 0.3) is 10.9 Å². The van der Waals surface area contributed by atoms with Crippen LogP contribution in [0.3, 0.4) is 0 Å². The quantitative estimate of drug-likeness (QED) is 0.858. The number of rotatable bonds is 5. The van der Waals surface area contributed by atoms with Crippen LogP contribution in [-0.4, -0.2) is 24.1 Å². The summed E-state index contributed by atoms with van der Waals surface area (Å²) in [4.78, 5) is 16.5. The fourth-order valence-corrected chi connectivity index (χ4v) is 2.25. The molecular formula is C17H22N2O2. The minimum Gasteiger partial charge on any atom is -0.468 e. The van der Waals surface area contributed by atoms with E-state index in [1.807, 2.05) is 37.3 Å². The van der Waals surface area contributed by atoms with Gasteiger partial charge < -0.3 is 4.74 Å². The van der Waals surface area contributed by atoms with Gasteiger partial charge in [0.1, 0.15) is 6.04 Å². The normalized spacial score (nSPS) is 13.9. The highest BCUT2D eigenvalue weighted by Crippen LogP contribution is 2.21. The van der Waals surface area contributed by atoms with Gasteiger partial charge in [0.2, 0.25) is 0 Å². The second kappa shape index (κ2) is 6.68. The number of benzene rings is 1. The van der Waals surface area contributed by atoms with Crippen molar-refractivity contribution in [3.63, 3.8) is 0 Å². The number of methoxy groups -OCH3 is 1. The highest BCUT2D eigenvalue weighted by Gasteiger charge is 2.22. The van der Waals surface area contributed by atoms with Gasteiger partial charge in [0.25, 0.3) is 0 Å². The monoisotopic (exact) mass is 286 g/mol. The second-order valence-corrected chi connectivity index (χ2v) is 5.34. The fourth-order valence-electron chi connectivity index (χ4n) is 2.25. The van der Waals surface area contributed by atoms with Crippen molar-refractivity contribution in [1.82, 2.24) is 10.3 Å². The summed E-state index contributed by atoms with van der Waals surface area (Å²) in [5, 5.41) is 4.34. The Labute approximate surface area is 125 Å². The van der Waals surface area contributed by atoms with E-state index in [4.69, 9.17) is 4.74 Å². The largest absolute Gasteiger partial charge is 0.468 e. The number of ether oxygens (including phenoxy) is 1. The van der Waals surface area contributed by atoms with Gasteiger partial charge in [-0.15, -0.1) is 0 Å². The number of hydrogen-bond donors (Lipinski definition) is 1. The molecular weight excluding hydrogens is 264 g/mol. The lowest BCUT2D eigenvalue weighted by Crippen LogP contribution is -2.35. The van der Waals surface area contributed by atoms with Crippen molar-refractivity contribution in [2.75, 3.05) is 7.11 Å². The highest BCUT2D eigenvalue weighted by atomic mass is 16.5. The molecule has 4 heteroatoms. The van der Waals surface area contributed by atoms with Crippen molar-refractivity contribution in [1.29, 1.82) is 0 Å². The van der Waals surface area contributed by atoms with Crippen molar-refractivity contribution < 1.29 is 9.53 Å². The summed E-state index contributed by atoms with van der Waals surface area (Å²) in [5.74, 6) is -0.269. The zero-order valence-corrected chi connectivity index (χ0v) is 13.0. The molecule has 0 spiro atoms. The molecule has 0 amide bonds. The van der Waals surface area contributed by atoms with Gasteiger partial charge in [-0.25, -0.2) is 4.79 Å². The number of aromatic nitrogens is 1. The van der Waals surface area contributed by atoms with Crippen LogP contribution < -0.4 is 5.32 Å². The third-order valence-electron chi connectivity index (χ3n) is 3.69. The van der Waals surface area contributed by atoms with Gasteiger partial charge >= 0.3 is 5.97 Å². The zero-order chi connectivity index (χ0) is 15.4. The summed E-state index contributed by atoms with van der Waals surface area (Å²) >= 11 is 0. The van der Waals surface area contributed by atoms with Gasteiger partial charge in [-0.1, -0.05) is 19.1 Å². The predicted octanol–water partition coefficient (Wildman–Crippen LogP) is 3.15. The van der Waals surface area contributed by atoms with E-state index in [1.54, 1.807) is 0 Å². The summed E-state index contributed by atoms with van der Waals surface area (Å²) in [6, 6.07) is 9.67. The first-order valence-electron chi connectivity index (χ1n) is 7.26. The second-order valence-electron chi connectivity index (χ2n) is 5.34. The number of nitrogens with zero attached hydrogens (tertiary/aromatic N) is 1. The Morgan fingerprint density at radius 2 is 2.10 bits per heavy atom. The zero-order valence-electron chi connectivity index (χ0n) is 13.0. The number of aryl methyl sites for hydroxylation is 1. The van der Waals surface area contributed by atoms with Crippen LogP contribution >= 0.6 is 0 Å². The fraction of sp³-hybridized carbons (Fsp3) is 0.412. The van der Waals surface area contributed by atoms with Gasteiger partial charge in [0.15, 0.2) is 0 Å². The third-order valence-corrected chi connectivity index (χ3v) is 3.69. The predicted molar refractivity (Wildman–Crippen MR) is 84.1 cm³/mol. The van der Waals surface area contributed by atoms with E-state index in [-0.39, 0.29) is 12.0 Å². The van der Waals surface area contributed by atoms with E-state index in [9.17, 15) is 4.79 Å². The molecule has 0 saturated heterocycles. The SMILES string of the molecule is CCC(C)NC(C(=O)OC)c1ccc2nc(C)ccc2c1. The third kappa shape index (κ3) is 3.58. The molecule has 21 heavy (non-hydrogen) atoms. The summed E-state index contributed by atoms with van der Waals surface area (Å²) in [7, 11) is 1.42. The average Bonchev–Trinajstić information content (AvgIpc) is 2.51. The number of carbonyl (C=O) groups is 1. The molecule has 0 saturated carbocycles. The van der Waals surface area contributed by atoms with Crippen LogP contribution in [0.5, 0.6) is 0 Å². The topological polar surface area (TPSA) is 51.2 Å². The molecule has 2 rings (SSSR count). The van der Waals surface area contributed by atoms with E-state index in [0.717, 1.165) is 28.6 Å². The van der Waals surface area contributed by atoms with Crippen LogP contribution in [0.1, 0.15) is 37.6 Å². The number of pyridine rings is 1. The molecule has 1 N–H and O–H groups in total. The molecule has 0 fully saturated rings. The Morgan fingerprint density at radius 3 is 2.76 bits per heavy atom. The summed E-state index contributed by atoms with van der Waals surface area (Å²) in [5.41, 5.74) is 2.82.